The van der Waals surface area contributed by atoms with E-state index in [1.54, 1.807) is 12.1 Å². The molecule has 0 saturated carbocycles. The zero-order chi connectivity index (χ0) is 16.4. The van der Waals surface area contributed by atoms with E-state index in [-0.39, 0.29) is 29.5 Å². The van der Waals surface area contributed by atoms with Gasteiger partial charge in [0.05, 0.1) is 11.8 Å². The Morgan fingerprint density at radius 1 is 1.22 bits per heavy atom. The van der Waals surface area contributed by atoms with Gasteiger partial charge < -0.3 is 9.80 Å². The summed E-state index contributed by atoms with van der Waals surface area (Å²) in [6.45, 7) is 4.86. The smallest absolute Gasteiger partial charge is 0.228 e. The van der Waals surface area contributed by atoms with Crippen molar-refractivity contribution < 1.29 is 14.0 Å². The average molecular weight is 318 g/mol. The number of nitrogens with zero attached hydrogens (tertiary/aromatic N) is 2. The van der Waals surface area contributed by atoms with Crippen LogP contribution in [0.15, 0.2) is 24.3 Å². The summed E-state index contributed by atoms with van der Waals surface area (Å²) >= 11 is 0. The highest BCUT2D eigenvalue weighted by atomic mass is 19.1. The molecule has 124 valence electrons. The van der Waals surface area contributed by atoms with Gasteiger partial charge >= 0.3 is 0 Å². The minimum Gasteiger partial charge on any atom is -0.342 e. The first-order valence-electron chi connectivity index (χ1n) is 8.36. The number of hydrogen-bond donors (Lipinski definition) is 0. The molecule has 23 heavy (non-hydrogen) atoms. The van der Waals surface area contributed by atoms with Gasteiger partial charge in [0.1, 0.15) is 5.82 Å². The normalized spacial score (nSPS) is 20.3. The van der Waals surface area contributed by atoms with Gasteiger partial charge in [-0.3, -0.25) is 9.59 Å². The number of piperidine rings is 1. The molecule has 0 radical (unpaired) electrons. The second-order valence-corrected chi connectivity index (χ2v) is 6.60. The van der Waals surface area contributed by atoms with E-state index < -0.39 is 0 Å². The summed E-state index contributed by atoms with van der Waals surface area (Å²) in [7, 11) is 0. The van der Waals surface area contributed by atoms with Crippen LogP contribution >= 0.6 is 0 Å². The quantitative estimate of drug-likeness (QED) is 0.857. The van der Waals surface area contributed by atoms with Crippen molar-refractivity contribution in [2.45, 2.75) is 32.6 Å². The van der Waals surface area contributed by atoms with Crippen LogP contribution in [0.1, 0.15) is 31.7 Å². The number of carbonyl (C=O) groups excluding carboxylic acids is 2. The third kappa shape index (κ3) is 3.09. The van der Waals surface area contributed by atoms with Gasteiger partial charge in [-0.15, -0.1) is 0 Å². The molecule has 1 aromatic rings. The van der Waals surface area contributed by atoms with E-state index in [4.69, 9.17) is 0 Å². The predicted molar refractivity (Wildman–Crippen MR) is 85.2 cm³/mol. The predicted octanol–water partition coefficient (Wildman–Crippen LogP) is 2.23. The zero-order valence-electron chi connectivity index (χ0n) is 13.6. The maximum atomic E-state index is 13.2. The van der Waals surface area contributed by atoms with E-state index in [2.05, 4.69) is 0 Å². The minimum atomic E-state index is -0.316. The van der Waals surface area contributed by atoms with E-state index >= 15 is 0 Å². The van der Waals surface area contributed by atoms with Crippen molar-refractivity contribution in [3.63, 3.8) is 0 Å². The molecule has 0 atom stereocenters. The number of halogens is 1. The van der Waals surface area contributed by atoms with Crippen LogP contribution in [-0.4, -0.2) is 47.8 Å². The Kier molecular flexibility index (Phi) is 4.37. The Bertz CT molecular complexity index is 609. The van der Waals surface area contributed by atoms with E-state index in [1.807, 2.05) is 16.7 Å². The number of benzene rings is 1. The van der Waals surface area contributed by atoms with Gasteiger partial charge in [-0.25, -0.2) is 4.39 Å². The number of carbonyl (C=O) groups is 2. The molecule has 2 aliphatic heterocycles. The number of likely N-dealkylation sites (tertiary alicyclic amines) is 2. The second kappa shape index (κ2) is 6.30. The Hall–Kier alpha value is -1.91. The number of rotatable bonds is 3. The van der Waals surface area contributed by atoms with Gasteiger partial charge in [-0.05, 0) is 43.9 Å². The van der Waals surface area contributed by atoms with Gasteiger partial charge in [0.25, 0.3) is 0 Å². The van der Waals surface area contributed by atoms with Gasteiger partial charge in [0.2, 0.25) is 11.8 Å². The third-order valence-corrected chi connectivity index (χ3v) is 5.30. The summed E-state index contributed by atoms with van der Waals surface area (Å²) < 4.78 is 13.2. The van der Waals surface area contributed by atoms with Gasteiger partial charge in [-0.1, -0.05) is 12.1 Å². The third-order valence-electron chi connectivity index (χ3n) is 5.30. The molecule has 0 unspecified atom stereocenters. The summed E-state index contributed by atoms with van der Waals surface area (Å²) in [6.07, 6.45) is 2.62. The topological polar surface area (TPSA) is 40.6 Å². The molecule has 3 rings (SSSR count). The lowest BCUT2D eigenvalue weighted by Crippen LogP contribution is -2.47. The van der Waals surface area contributed by atoms with Crippen molar-refractivity contribution in [3.05, 3.63) is 35.6 Å². The van der Waals surface area contributed by atoms with Crippen molar-refractivity contribution in [1.29, 1.82) is 0 Å². The molecule has 0 aromatic heterocycles. The highest BCUT2D eigenvalue weighted by Crippen LogP contribution is 2.41. The molecule has 0 aliphatic carbocycles. The Morgan fingerprint density at radius 3 is 2.52 bits per heavy atom. The zero-order valence-corrected chi connectivity index (χ0v) is 13.6. The Morgan fingerprint density at radius 2 is 1.91 bits per heavy atom. The minimum absolute atomic E-state index is 0.0169. The van der Waals surface area contributed by atoms with Crippen LogP contribution in [0.5, 0.6) is 0 Å². The number of amides is 2. The Labute approximate surface area is 136 Å². The molecule has 2 heterocycles. The monoisotopic (exact) mass is 318 g/mol. The maximum Gasteiger partial charge on any atom is 0.228 e. The number of hydrogen-bond acceptors (Lipinski definition) is 2. The molecule has 2 saturated heterocycles. The average Bonchev–Trinajstić information content (AvgIpc) is 2.84. The van der Waals surface area contributed by atoms with Crippen LogP contribution in [0.2, 0.25) is 0 Å². The fourth-order valence-electron chi connectivity index (χ4n) is 3.78. The molecule has 2 fully saturated rings. The summed E-state index contributed by atoms with van der Waals surface area (Å²) in [5, 5.41) is 0. The highest BCUT2D eigenvalue weighted by Gasteiger charge is 2.47. The van der Waals surface area contributed by atoms with E-state index in [0.29, 0.717) is 18.7 Å². The van der Waals surface area contributed by atoms with Crippen LogP contribution in [0.3, 0.4) is 0 Å². The summed E-state index contributed by atoms with van der Waals surface area (Å²) in [5.74, 6) is -0.0374. The summed E-state index contributed by atoms with van der Waals surface area (Å²) in [5.41, 5.74) is 0.454. The SMILES string of the molecule is CCN1CCC2(CCN(C(=O)Cc3cccc(F)c3)CC2)C1=O. The van der Waals surface area contributed by atoms with Crippen molar-refractivity contribution >= 4 is 11.8 Å². The van der Waals surface area contributed by atoms with E-state index in [9.17, 15) is 14.0 Å². The van der Waals surface area contributed by atoms with Crippen LogP contribution in [0.4, 0.5) is 4.39 Å². The largest absolute Gasteiger partial charge is 0.342 e. The van der Waals surface area contributed by atoms with Crippen LogP contribution < -0.4 is 0 Å². The molecule has 1 spiro atoms. The molecule has 5 heteroatoms. The second-order valence-electron chi connectivity index (χ2n) is 6.60. The summed E-state index contributed by atoms with van der Waals surface area (Å²) in [6, 6.07) is 6.18. The van der Waals surface area contributed by atoms with Crippen LogP contribution in [0.25, 0.3) is 0 Å². The van der Waals surface area contributed by atoms with Gasteiger partial charge in [-0.2, -0.15) is 0 Å². The maximum absolute atomic E-state index is 13.2. The molecule has 0 bridgehead atoms. The van der Waals surface area contributed by atoms with Crippen molar-refractivity contribution in [2.75, 3.05) is 26.2 Å². The molecule has 0 N–H and O–H groups in total. The molecular weight excluding hydrogens is 295 g/mol. The first kappa shape index (κ1) is 16.0. The molecule has 4 nitrogen and oxygen atoms in total. The fourth-order valence-corrected chi connectivity index (χ4v) is 3.78. The first-order valence-corrected chi connectivity index (χ1v) is 8.36. The van der Waals surface area contributed by atoms with Crippen molar-refractivity contribution in [3.8, 4) is 0 Å². The summed E-state index contributed by atoms with van der Waals surface area (Å²) in [4.78, 5) is 28.6. The first-order chi connectivity index (χ1) is 11.0. The molecule has 2 amide bonds. The van der Waals surface area contributed by atoms with Gasteiger partial charge in [0.15, 0.2) is 0 Å². The van der Waals surface area contributed by atoms with Crippen molar-refractivity contribution in [1.82, 2.24) is 9.80 Å². The molecule has 1 aromatic carbocycles. The lowest BCUT2D eigenvalue weighted by atomic mass is 9.77. The van der Waals surface area contributed by atoms with Crippen LogP contribution in [0, 0.1) is 11.2 Å². The standard InChI is InChI=1S/C18H23FN2O2/c1-2-20-9-6-18(17(20)23)7-10-21(11-8-18)16(22)13-14-4-3-5-15(19)12-14/h3-5,12H,2,6-11,13H2,1H3. The molecule has 2 aliphatic rings. The lowest BCUT2D eigenvalue weighted by Gasteiger charge is -2.38. The highest BCUT2D eigenvalue weighted by molar-refractivity contribution is 5.85. The molecular formula is C18H23FN2O2. The van der Waals surface area contributed by atoms with E-state index in [0.717, 1.165) is 32.4 Å². The van der Waals surface area contributed by atoms with E-state index in [1.165, 1.54) is 12.1 Å². The lowest BCUT2D eigenvalue weighted by molar-refractivity contribution is -0.142. The van der Waals surface area contributed by atoms with Crippen LogP contribution in [-0.2, 0) is 16.0 Å². The van der Waals surface area contributed by atoms with Crippen molar-refractivity contribution in [2.24, 2.45) is 5.41 Å². The van der Waals surface area contributed by atoms with Gasteiger partial charge in [0, 0.05) is 26.2 Å². The fraction of sp³-hybridized carbons (Fsp3) is 0.556. The Balaban J connectivity index is 1.59.